The Labute approximate surface area is 234 Å². The molecule has 5 aromatic rings. The number of fused-ring (bicyclic) bond motifs is 3. The minimum Gasteiger partial charge on any atom is -0.494 e. The third kappa shape index (κ3) is 4.64. The van der Waals surface area contributed by atoms with Gasteiger partial charge in [0.2, 0.25) is 0 Å². The van der Waals surface area contributed by atoms with Gasteiger partial charge in [-0.05, 0) is 79.9 Å². The van der Waals surface area contributed by atoms with E-state index in [1.807, 2.05) is 72.0 Å². The Bertz CT molecular complexity index is 1620. The topological polar surface area (TPSA) is 64.3 Å². The van der Waals surface area contributed by atoms with E-state index in [-0.39, 0.29) is 12.1 Å². The van der Waals surface area contributed by atoms with Crippen molar-refractivity contribution in [2.24, 2.45) is 0 Å². The minimum atomic E-state index is -0.306. The van der Waals surface area contributed by atoms with Crippen LogP contribution in [0.3, 0.4) is 0 Å². The number of aryl methyl sites for hydroxylation is 2. The van der Waals surface area contributed by atoms with Gasteiger partial charge < -0.3 is 19.5 Å². The van der Waals surface area contributed by atoms with Crippen molar-refractivity contribution in [3.8, 4) is 17.3 Å². The zero-order valence-electron chi connectivity index (χ0n) is 23.0. The van der Waals surface area contributed by atoms with Crippen LogP contribution < -0.4 is 10.1 Å². The first-order valence-electron chi connectivity index (χ1n) is 13.8. The van der Waals surface area contributed by atoms with Crippen LogP contribution in [0, 0.1) is 6.92 Å². The highest BCUT2D eigenvalue weighted by atomic mass is 16.5. The number of urea groups is 1. The van der Waals surface area contributed by atoms with Crippen LogP contribution in [0.5, 0.6) is 5.75 Å². The molecule has 2 aromatic heterocycles. The van der Waals surface area contributed by atoms with Crippen molar-refractivity contribution < 1.29 is 9.53 Å². The zero-order valence-corrected chi connectivity index (χ0v) is 23.0. The quantitative estimate of drug-likeness (QED) is 0.255. The van der Waals surface area contributed by atoms with Gasteiger partial charge in [-0.2, -0.15) is 5.10 Å². The molecule has 1 aliphatic heterocycles. The summed E-state index contributed by atoms with van der Waals surface area (Å²) in [6.45, 7) is 7.11. The molecule has 40 heavy (non-hydrogen) atoms. The molecule has 1 atom stereocenters. The summed E-state index contributed by atoms with van der Waals surface area (Å²) < 4.78 is 9.75. The van der Waals surface area contributed by atoms with Crippen molar-refractivity contribution >= 4 is 11.7 Å². The monoisotopic (exact) mass is 531 g/mol. The Kier molecular flexibility index (Phi) is 6.86. The number of benzene rings is 3. The van der Waals surface area contributed by atoms with Crippen molar-refractivity contribution in [3.05, 3.63) is 125 Å². The predicted molar refractivity (Wildman–Crippen MR) is 157 cm³/mol. The number of aromatic nitrogens is 3. The zero-order chi connectivity index (χ0) is 27.6. The maximum absolute atomic E-state index is 14.1. The number of nitrogens with zero attached hydrogens (tertiary/aromatic N) is 4. The van der Waals surface area contributed by atoms with Gasteiger partial charge >= 0.3 is 6.03 Å². The molecule has 0 bridgehead atoms. The maximum Gasteiger partial charge on any atom is 0.322 e. The van der Waals surface area contributed by atoms with Gasteiger partial charge in [-0.3, -0.25) is 0 Å². The highest BCUT2D eigenvalue weighted by Crippen LogP contribution is 2.39. The van der Waals surface area contributed by atoms with Gasteiger partial charge in [-0.15, -0.1) is 0 Å². The Morgan fingerprint density at radius 2 is 1.70 bits per heavy atom. The van der Waals surface area contributed by atoms with Crippen molar-refractivity contribution in [3.63, 3.8) is 0 Å². The number of ether oxygens (including phenoxy) is 1. The van der Waals surface area contributed by atoms with Crippen LogP contribution in [0.15, 0.2) is 97.2 Å². The van der Waals surface area contributed by atoms with Crippen LogP contribution in [-0.2, 0) is 13.0 Å². The molecule has 3 aromatic carbocycles. The van der Waals surface area contributed by atoms with Crippen LogP contribution >= 0.6 is 0 Å². The van der Waals surface area contributed by atoms with E-state index in [1.54, 1.807) is 0 Å². The molecule has 0 spiro atoms. The average Bonchev–Trinajstić information content (AvgIpc) is 3.55. The molecule has 3 heterocycles. The number of para-hydroxylation sites is 1. The minimum absolute atomic E-state index is 0.179. The van der Waals surface area contributed by atoms with Crippen LogP contribution in [0.2, 0.25) is 0 Å². The summed E-state index contributed by atoms with van der Waals surface area (Å²) in [6.07, 6.45) is 3.02. The first-order valence-corrected chi connectivity index (χ1v) is 13.8. The van der Waals surface area contributed by atoms with Crippen LogP contribution in [0.25, 0.3) is 11.5 Å². The van der Waals surface area contributed by atoms with Gasteiger partial charge in [-0.1, -0.05) is 49.4 Å². The second-order valence-corrected chi connectivity index (χ2v) is 9.95. The lowest BCUT2D eigenvalue weighted by Crippen LogP contribution is -2.38. The predicted octanol–water partition coefficient (Wildman–Crippen LogP) is 7.07. The molecular weight excluding hydrogens is 498 g/mol. The fraction of sp³-hybridized carbons (Fsp3) is 0.212. The Morgan fingerprint density at radius 3 is 2.40 bits per heavy atom. The lowest BCUT2D eigenvalue weighted by molar-refractivity contribution is 0.194. The van der Waals surface area contributed by atoms with Gasteiger partial charge in [0.25, 0.3) is 0 Å². The Hall–Kier alpha value is -4.78. The highest BCUT2D eigenvalue weighted by molar-refractivity contribution is 5.90. The van der Waals surface area contributed by atoms with Crippen molar-refractivity contribution in [1.82, 2.24) is 19.2 Å². The first-order chi connectivity index (χ1) is 19.6. The summed E-state index contributed by atoms with van der Waals surface area (Å²) in [5, 5.41) is 8.07. The fourth-order valence-corrected chi connectivity index (χ4v) is 5.43. The van der Waals surface area contributed by atoms with Crippen molar-refractivity contribution in [2.75, 3.05) is 11.9 Å². The Balaban J connectivity index is 1.47. The van der Waals surface area contributed by atoms with Crippen LogP contribution in [0.4, 0.5) is 10.5 Å². The molecule has 0 fully saturated rings. The first kappa shape index (κ1) is 25.5. The number of hydrogen-bond acceptors (Lipinski definition) is 3. The van der Waals surface area contributed by atoms with E-state index in [1.165, 1.54) is 5.56 Å². The smallest absolute Gasteiger partial charge is 0.322 e. The van der Waals surface area contributed by atoms with Gasteiger partial charge in [-0.25, -0.2) is 9.48 Å². The molecule has 1 aliphatic rings. The van der Waals surface area contributed by atoms with Crippen molar-refractivity contribution in [1.29, 1.82) is 0 Å². The van der Waals surface area contributed by atoms with Crippen LogP contribution in [0.1, 0.15) is 48.0 Å². The molecule has 6 rings (SSSR count). The summed E-state index contributed by atoms with van der Waals surface area (Å²) in [5.41, 5.74) is 6.91. The normalized spacial score (nSPS) is 14.3. The molecular formula is C33H33N5O2. The molecule has 0 radical (unpaired) electrons. The molecule has 0 unspecified atom stereocenters. The second-order valence-electron chi connectivity index (χ2n) is 9.95. The molecule has 7 heteroatoms. The summed E-state index contributed by atoms with van der Waals surface area (Å²) in [5.74, 6) is 1.73. The molecule has 1 N–H and O–H groups in total. The number of amides is 2. The van der Waals surface area contributed by atoms with E-state index in [0.29, 0.717) is 18.8 Å². The SMILES string of the molecule is CCOc1ccc(NC(=O)N2Cc3c(C)nn(-c4ccccc4)c3-n3cccc3[C@@H]2c2ccc(CC)cc2)cc1. The molecule has 0 aliphatic carbocycles. The molecule has 7 nitrogen and oxygen atoms in total. The second kappa shape index (κ2) is 10.8. The van der Waals surface area contributed by atoms with Gasteiger partial charge in [0.15, 0.2) is 0 Å². The summed E-state index contributed by atoms with van der Waals surface area (Å²) >= 11 is 0. The maximum atomic E-state index is 14.1. The summed E-state index contributed by atoms with van der Waals surface area (Å²) in [4.78, 5) is 16.0. The van der Waals surface area contributed by atoms with E-state index in [0.717, 1.165) is 46.2 Å². The van der Waals surface area contributed by atoms with E-state index in [2.05, 4.69) is 65.5 Å². The van der Waals surface area contributed by atoms with E-state index in [9.17, 15) is 4.79 Å². The molecule has 202 valence electrons. The number of nitrogens with one attached hydrogen (secondary N) is 1. The average molecular weight is 532 g/mol. The van der Waals surface area contributed by atoms with Gasteiger partial charge in [0.05, 0.1) is 36.3 Å². The lowest BCUT2D eigenvalue weighted by atomic mass is 9.99. The van der Waals surface area contributed by atoms with E-state index in [4.69, 9.17) is 9.84 Å². The summed E-state index contributed by atoms with van der Waals surface area (Å²) in [6, 6.07) is 29.9. The van der Waals surface area contributed by atoms with Gasteiger partial charge in [0, 0.05) is 17.4 Å². The summed E-state index contributed by atoms with van der Waals surface area (Å²) in [7, 11) is 0. The number of anilines is 1. The largest absolute Gasteiger partial charge is 0.494 e. The van der Waals surface area contributed by atoms with Crippen molar-refractivity contribution in [2.45, 2.75) is 39.8 Å². The number of hydrogen-bond donors (Lipinski definition) is 1. The molecule has 0 saturated heterocycles. The lowest BCUT2D eigenvalue weighted by Gasteiger charge is -2.31. The number of carbonyl (C=O) groups is 1. The third-order valence-electron chi connectivity index (χ3n) is 7.47. The number of rotatable bonds is 6. The number of carbonyl (C=O) groups excluding carboxylic acids is 1. The molecule has 0 saturated carbocycles. The third-order valence-corrected chi connectivity index (χ3v) is 7.47. The van der Waals surface area contributed by atoms with Crippen LogP contribution in [-0.4, -0.2) is 31.9 Å². The highest BCUT2D eigenvalue weighted by Gasteiger charge is 2.36. The standard InChI is InChI=1S/C33H33N5O2/c1-4-24-13-15-25(16-14-24)31-30-12-9-21-36(30)32-29(23(3)35-38(32)27-10-7-6-8-11-27)22-37(31)33(39)34-26-17-19-28(20-18-26)40-5-2/h6-21,31H,4-5,22H2,1-3H3,(H,34,39)/t31-/m0/s1. The fourth-order valence-electron chi connectivity index (χ4n) is 5.43. The van der Waals surface area contributed by atoms with E-state index >= 15 is 0 Å². The van der Waals surface area contributed by atoms with Gasteiger partial charge in [0.1, 0.15) is 11.6 Å². The Morgan fingerprint density at radius 1 is 0.950 bits per heavy atom. The molecule has 2 amide bonds. The van der Waals surface area contributed by atoms with E-state index < -0.39 is 0 Å².